The minimum Gasteiger partial charge on any atom is -0.326 e. The van der Waals surface area contributed by atoms with Gasteiger partial charge in [-0.15, -0.1) is 0 Å². The smallest absolute Gasteiger partial charge is 0.240 e. The Bertz CT molecular complexity index is 536. The second-order valence-corrected chi connectivity index (χ2v) is 7.19. The van der Waals surface area contributed by atoms with Crippen LogP contribution in [0.5, 0.6) is 0 Å². The van der Waals surface area contributed by atoms with E-state index in [1.165, 1.54) is 0 Å². The Morgan fingerprint density at radius 3 is 2.68 bits per heavy atom. The van der Waals surface area contributed by atoms with Crippen molar-refractivity contribution in [2.75, 3.05) is 6.54 Å². The first-order valence-corrected chi connectivity index (χ1v) is 8.28. The number of nitrogens with two attached hydrogens (primary N) is 1. The fourth-order valence-electron chi connectivity index (χ4n) is 2.39. The summed E-state index contributed by atoms with van der Waals surface area (Å²) < 4.78 is 27.2. The van der Waals surface area contributed by atoms with Gasteiger partial charge in [0.25, 0.3) is 0 Å². The quantitative estimate of drug-likeness (QED) is 0.803. The van der Waals surface area contributed by atoms with Crippen LogP contribution in [0.3, 0.4) is 0 Å². The highest BCUT2D eigenvalue weighted by Crippen LogP contribution is 2.49. The van der Waals surface area contributed by atoms with Crippen molar-refractivity contribution in [2.24, 2.45) is 11.1 Å². The fourth-order valence-corrected chi connectivity index (χ4v) is 3.62. The molecule has 0 saturated heterocycles. The van der Waals surface area contributed by atoms with Crippen LogP contribution in [-0.4, -0.2) is 15.0 Å². The molecule has 1 fully saturated rings. The van der Waals surface area contributed by atoms with Crippen molar-refractivity contribution in [3.63, 3.8) is 0 Å². The van der Waals surface area contributed by atoms with Gasteiger partial charge in [-0.1, -0.05) is 25.5 Å². The topological polar surface area (TPSA) is 72.2 Å². The van der Waals surface area contributed by atoms with Crippen LogP contribution in [0.25, 0.3) is 0 Å². The van der Waals surface area contributed by atoms with E-state index in [0.717, 1.165) is 31.2 Å². The van der Waals surface area contributed by atoms with E-state index >= 15 is 0 Å². The summed E-state index contributed by atoms with van der Waals surface area (Å²) in [7, 11) is -3.41. The van der Waals surface area contributed by atoms with Crippen molar-refractivity contribution in [2.45, 2.75) is 44.0 Å². The van der Waals surface area contributed by atoms with Gasteiger partial charge in [-0.25, -0.2) is 13.1 Å². The number of hydrogen-bond donors (Lipinski definition) is 2. The third-order valence-electron chi connectivity index (χ3n) is 3.82. The summed E-state index contributed by atoms with van der Waals surface area (Å²) >= 11 is 0. The molecule has 1 aromatic rings. The monoisotopic (exact) mass is 282 g/mol. The van der Waals surface area contributed by atoms with Gasteiger partial charge in [0, 0.05) is 13.1 Å². The third-order valence-corrected chi connectivity index (χ3v) is 5.22. The van der Waals surface area contributed by atoms with Crippen LogP contribution < -0.4 is 10.5 Å². The number of hydrogen-bond acceptors (Lipinski definition) is 3. The van der Waals surface area contributed by atoms with E-state index in [9.17, 15) is 8.42 Å². The molecule has 1 saturated carbocycles. The highest BCUT2D eigenvalue weighted by Gasteiger charge is 2.42. The highest BCUT2D eigenvalue weighted by atomic mass is 32.2. The van der Waals surface area contributed by atoms with Gasteiger partial charge in [0.1, 0.15) is 0 Å². The number of nitrogens with one attached hydrogen (secondary N) is 1. The summed E-state index contributed by atoms with van der Waals surface area (Å²) in [5.41, 5.74) is 6.59. The van der Waals surface area contributed by atoms with Crippen LogP contribution >= 0.6 is 0 Å². The zero-order chi connectivity index (χ0) is 13.9. The van der Waals surface area contributed by atoms with Gasteiger partial charge < -0.3 is 5.73 Å². The maximum absolute atomic E-state index is 12.2. The van der Waals surface area contributed by atoms with Crippen molar-refractivity contribution >= 4 is 10.0 Å². The molecule has 0 aliphatic heterocycles. The fraction of sp³-hybridized carbons (Fsp3) is 0.571. The minimum atomic E-state index is -3.41. The summed E-state index contributed by atoms with van der Waals surface area (Å²) in [5, 5.41) is 0. The van der Waals surface area contributed by atoms with Crippen molar-refractivity contribution in [3.05, 3.63) is 29.8 Å². The molecule has 0 atom stereocenters. The number of benzene rings is 1. The SMILES string of the molecule is CCCC1(CNS(=O)(=O)c2cccc(CN)c2)CC1. The second-order valence-electron chi connectivity index (χ2n) is 5.43. The zero-order valence-electron chi connectivity index (χ0n) is 11.4. The van der Waals surface area contributed by atoms with Crippen LogP contribution in [0.1, 0.15) is 38.2 Å². The Balaban J connectivity index is 2.05. The molecule has 0 spiro atoms. The average molecular weight is 282 g/mol. The second kappa shape index (κ2) is 5.61. The van der Waals surface area contributed by atoms with Gasteiger partial charge in [-0.05, 0) is 42.4 Å². The molecule has 106 valence electrons. The van der Waals surface area contributed by atoms with Crippen molar-refractivity contribution in [1.82, 2.24) is 4.72 Å². The standard InChI is InChI=1S/C14H22N2O2S/c1-2-6-14(7-8-14)11-16-19(17,18)13-5-3-4-12(9-13)10-15/h3-5,9,16H,2,6-8,10-11,15H2,1H3. The first-order chi connectivity index (χ1) is 9.01. The Morgan fingerprint density at radius 2 is 2.11 bits per heavy atom. The van der Waals surface area contributed by atoms with Crippen LogP contribution in [0, 0.1) is 5.41 Å². The Labute approximate surface area is 115 Å². The molecular weight excluding hydrogens is 260 g/mol. The van der Waals surface area contributed by atoms with Gasteiger partial charge in [-0.3, -0.25) is 0 Å². The maximum atomic E-state index is 12.2. The first kappa shape index (κ1) is 14.5. The summed E-state index contributed by atoms with van der Waals surface area (Å²) in [5.74, 6) is 0. The van der Waals surface area contributed by atoms with Gasteiger partial charge in [0.15, 0.2) is 0 Å². The zero-order valence-corrected chi connectivity index (χ0v) is 12.2. The van der Waals surface area contributed by atoms with Gasteiger partial charge in [-0.2, -0.15) is 0 Å². The van der Waals surface area contributed by atoms with Crippen molar-refractivity contribution < 1.29 is 8.42 Å². The molecule has 0 amide bonds. The lowest BCUT2D eigenvalue weighted by atomic mass is 10.0. The molecule has 4 nitrogen and oxygen atoms in total. The van der Waals surface area contributed by atoms with E-state index in [1.54, 1.807) is 18.2 Å². The summed E-state index contributed by atoms with van der Waals surface area (Å²) in [6.07, 6.45) is 4.46. The normalized spacial score (nSPS) is 17.4. The Hall–Kier alpha value is -0.910. The molecule has 1 aliphatic rings. The summed E-state index contributed by atoms with van der Waals surface area (Å²) in [4.78, 5) is 0.308. The van der Waals surface area contributed by atoms with Crippen LogP contribution in [0.2, 0.25) is 0 Å². The molecule has 0 aromatic heterocycles. The predicted molar refractivity (Wildman–Crippen MR) is 76.1 cm³/mol. The third kappa shape index (κ3) is 3.55. The Kier molecular flexibility index (Phi) is 4.28. The van der Waals surface area contributed by atoms with E-state index in [0.29, 0.717) is 18.0 Å². The van der Waals surface area contributed by atoms with E-state index in [-0.39, 0.29) is 5.41 Å². The molecule has 2 rings (SSSR count). The van der Waals surface area contributed by atoms with Gasteiger partial charge in [0.05, 0.1) is 4.90 Å². The van der Waals surface area contributed by atoms with Crippen LogP contribution in [0.4, 0.5) is 0 Å². The molecule has 1 aliphatic carbocycles. The minimum absolute atomic E-state index is 0.216. The molecule has 0 unspecified atom stereocenters. The molecule has 5 heteroatoms. The van der Waals surface area contributed by atoms with E-state index in [2.05, 4.69) is 11.6 Å². The largest absolute Gasteiger partial charge is 0.326 e. The van der Waals surface area contributed by atoms with Crippen LogP contribution in [0.15, 0.2) is 29.2 Å². The summed E-state index contributed by atoms with van der Waals surface area (Å²) in [6, 6.07) is 6.82. The van der Waals surface area contributed by atoms with Crippen LogP contribution in [-0.2, 0) is 16.6 Å². The Morgan fingerprint density at radius 1 is 1.37 bits per heavy atom. The van der Waals surface area contributed by atoms with E-state index in [1.807, 2.05) is 6.07 Å². The van der Waals surface area contributed by atoms with E-state index < -0.39 is 10.0 Å². The first-order valence-electron chi connectivity index (χ1n) is 6.80. The lowest BCUT2D eigenvalue weighted by molar-refractivity contribution is 0.449. The maximum Gasteiger partial charge on any atom is 0.240 e. The highest BCUT2D eigenvalue weighted by molar-refractivity contribution is 7.89. The number of rotatable bonds is 7. The van der Waals surface area contributed by atoms with Gasteiger partial charge >= 0.3 is 0 Å². The summed E-state index contributed by atoms with van der Waals surface area (Å²) in [6.45, 7) is 3.04. The molecule has 0 radical (unpaired) electrons. The molecule has 1 aromatic carbocycles. The lowest BCUT2D eigenvalue weighted by Crippen LogP contribution is -2.30. The number of sulfonamides is 1. The molecule has 0 bridgehead atoms. The van der Waals surface area contributed by atoms with E-state index in [4.69, 9.17) is 5.73 Å². The molecule has 19 heavy (non-hydrogen) atoms. The molecular formula is C14H22N2O2S. The average Bonchev–Trinajstić information content (AvgIpc) is 3.18. The van der Waals surface area contributed by atoms with Gasteiger partial charge in [0.2, 0.25) is 10.0 Å². The molecule has 3 N–H and O–H groups in total. The lowest BCUT2D eigenvalue weighted by Gasteiger charge is -2.15. The molecule has 0 heterocycles. The predicted octanol–water partition coefficient (Wildman–Crippen LogP) is 2.00. The van der Waals surface area contributed by atoms with Crippen molar-refractivity contribution in [1.29, 1.82) is 0 Å². The van der Waals surface area contributed by atoms with Crippen molar-refractivity contribution in [3.8, 4) is 0 Å².